The Morgan fingerprint density at radius 3 is 2.06 bits per heavy atom. The fourth-order valence-corrected chi connectivity index (χ4v) is 3.27. The molecular weight excluding hydrogens is 240 g/mol. The molecule has 0 heterocycles. The van der Waals surface area contributed by atoms with E-state index in [0.29, 0.717) is 11.3 Å². The molecule has 2 rings (SSSR count). The summed E-state index contributed by atoms with van der Waals surface area (Å²) in [5.74, 6) is 3.06. The van der Waals surface area contributed by atoms with Gasteiger partial charge in [0.05, 0.1) is 0 Å². The summed E-state index contributed by atoms with van der Waals surface area (Å²) in [4.78, 5) is 0. The fourth-order valence-electron chi connectivity index (χ4n) is 3.15. The van der Waals surface area contributed by atoms with Crippen LogP contribution in [-0.2, 0) is 5.41 Å². The van der Waals surface area contributed by atoms with Gasteiger partial charge in [0.1, 0.15) is 0 Å². The highest BCUT2D eigenvalue weighted by molar-refractivity contribution is 6.30. The first-order chi connectivity index (χ1) is 8.47. The van der Waals surface area contributed by atoms with E-state index in [0.717, 1.165) is 10.9 Å². The minimum atomic E-state index is 0.328. The Bertz CT molecular complexity index is 387. The summed E-state index contributed by atoms with van der Waals surface area (Å²) in [7, 11) is 0. The summed E-state index contributed by atoms with van der Waals surface area (Å²) >= 11 is 6.01. The SMILES string of the molecule is C[C](C(C)C(C)C)C1(c2ccc(Cl)cc2)CCC1. The van der Waals surface area contributed by atoms with E-state index in [1.54, 1.807) is 5.92 Å². The molecule has 0 aliphatic heterocycles. The monoisotopic (exact) mass is 263 g/mol. The van der Waals surface area contributed by atoms with Crippen LogP contribution in [0.4, 0.5) is 0 Å². The van der Waals surface area contributed by atoms with Gasteiger partial charge in [0.2, 0.25) is 0 Å². The van der Waals surface area contributed by atoms with Crippen molar-refractivity contribution < 1.29 is 0 Å². The molecular formula is C17H24Cl. The molecule has 0 spiro atoms. The van der Waals surface area contributed by atoms with Gasteiger partial charge in [-0.2, -0.15) is 0 Å². The van der Waals surface area contributed by atoms with Gasteiger partial charge >= 0.3 is 0 Å². The van der Waals surface area contributed by atoms with Crippen molar-refractivity contribution >= 4 is 11.6 Å². The molecule has 1 aliphatic rings. The molecule has 0 aromatic heterocycles. The third kappa shape index (κ3) is 2.32. The Morgan fingerprint density at radius 1 is 1.11 bits per heavy atom. The average molecular weight is 264 g/mol. The van der Waals surface area contributed by atoms with Crippen LogP contribution in [-0.4, -0.2) is 0 Å². The van der Waals surface area contributed by atoms with Crippen molar-refractivity contribution in [3.05, 3.63) is 40.8 Å². The molecule has 1 fully saturated rings. The van der Waals surface area contributed by atoms with Gasteiger partial charge in [-0.3, -0.25) is 0 Å². The lowest BCUT2D eigenvalue weighted by Crippen LogP contribution is -2.42. The van der Waals surface area contributed by atoms with Gasteiger partial charge in [-0.1, -0.05) is 57.8 Å². The predicted molar refractivity (Wildman–Crippen MR) is 79.9 cm³/mol. The molecule has 0 N–H and O–H groups in total. The van der Waals surface area contributed by atoms with Crippen molar-refractivity contribution in [1.82, 2.24) is 0 Å². The standard InChI is InChI=1S/C17H24Cl/c1-12(2)13(3)14(4)17(10-5-11-17)15-6-8-16(18)9-7-15/h6-9,12-13H,5,10-11H2,1-4H3. The Labute approximate surface area is 117 Å². The van der Waals surface area contributed by atoms with Gasteiger partial charge in [-0.25, -0.2) is 0 Å². The highest BCUT2D eigenvalue weighted by atomic mass is 35.5. The first-order valence-electron chi connectivity index (χ1n) is 7.07. The van der Waals surface area contributed by atoms with Crippen LogP contribution in [0.2, 0.25) is 5.02 Å². The first-order valence-corrected chi connectivity index (χ1v) is 7.45. The van der Waals surface area contributed by atoms with Gasteiger partial charge < -0.3 is 0 Å². The smallest absolute Gasteiger partial charge is 0.0406 e. The summed E-state index contributed by atoms with van der Waals surface area (Å²) < 4.78 is 0. The van der Waals surface area contributed by atoms with Crippen LogP contribution < -0.4 is 0 Å². The molecule has 1 heteroatoms. The lowest BCUT2D eigenvalue weighted by molar-refractivity contribution is 0.211. The summed E-state index contributed by atoms with van der Waals surface area (Å²) in [5, 5.41) is 0.836. The van der Waals surface area contributed by atoms with E-state index in [9.17, 15) is 0 Å². The normalized spacial score (nSPS) is 19.9. The Balaban J connectivity index is 2.28. The van der Waals surface area contributed by atoms with Crippen molar-refractivity contribution in [2.24, 2.45) is 11.8 Å². The largest absolute Gasteiger partial charge is 0.0843 e. The summed E-state index contributed by atoms with van der Waals surface area (Å²) in [6.45, 7) is 9.37. The van der Waals surface area contributed by atoms with Crippen molar-refractivity contribution in [2.45, 2.75) is 52.4 Å². The lowest BCUT2D eigenvalue weighted by atomic mass is 9.54. The minimum Gasteiger partial charge on any atom is -0.0843 e. The van der Waals surface area contributed by atoms with Crippen molar-refractivity contribution in [3.63, 3.8) is 0 Å². The van der Waals surface area contributed by atoms with Crippen LogP contribution in [0, 0.1) is 17.8 Å². The third-order valence-electron chi connectivity index (χ3n) is 5.04. The number of rotatable bonds is 4. The second-order valence-electron chi connectivity index (χ2n) is 6.16. The van der Waals surface area contributed by atoms with Gasteiger partial charge in [-0.15, -0.1) is 0 Å². The van der Waals surface area contributed by atoms with Gasteiger partial charge in [0.15, 0.2) is 0 Å². The Morgan fingerprint density at radius 2 is 1.67 bits per heavy atom. The molecule has 1 aromatic carbocycles. The summed E-state index contributed by atoms with van der Waals surface area (Å²) in [5.41, 5.74) is 1.79. The van der Waals surface area contributed by atoms with E-state index in [1.165, 1.54) is 24.8 Å². The Kier molecular flexibility index (Phi) is 4.06. The molecule has 1 radical (unpaired) electrons. The molecule has 0 saturated heterocycles. The van der Waals surface area contributed by atoms with E-state index in [2.05, 4.69) is 39.8 Å². The van der Waals surface area contributed by atoms with Gasteiger partial charge in [0, 0.05) is 10.4 Å². The third-order valence-corrected chi connectivity index (χ3v) is 5.29. The van der Waals surface area contributed by atoms with Gasteiger partial charge in [-0.05, 0) is 48.3 Å². The van der Waals surface area contributed by atoms with Crippen LogP contribution in [0.25, 0.3) is 0 Å². The maximum absolute atomic E-state index is 6.01. The number of hydrogen-bond donors (Lipinski definition) is 0. The van der Waals surface area contributed by atoms with E-state index in [-0.39, 0.29) is 0 Å². The quantitative estimate of drug-likeness (QED) is 0.659. The molecule has 18 heavy (non-hydrogen) atoms. The fraction of sp³-hybridized carbons (Fsp3) is 0.588. The second kappa shape index (κ2) is 5.25. The number of halogens is 1. The number of hydrogen-bond acceptors (Lipinski definition) is 0. The van der Waals surface area contributed by atoms with Crippen LogP contribution >= 0.6 is 11.6 Å². The van der Waals surface area contributed by atoms with E-state index >= 15 is 0 Å². The van der Waals surface area contributed by atoms with Crippen LogP contribution in [0.15, 0.2) is 24.3 Å². The zero-order chi connectivity index (χ0) is 13.3. The predicted octanol–water partition coefficient (Wildman–Crippen LogP) is 5.65. The summed E-state index contributed by atoms with van der Waals surface area (Å²) in [6.07, 6.45) is 3.96. The maximum Gasteiger partial charge on any atom is 0.0406 e. The Hall–Kier alpha value is -0.490. The molecule has 0 nitrogen and oxygen atoms in total. The van der Waals surface area contributed by atoms with E-state index in [1.807, 2.05) is 12.1 Å². The highest BCUT2D eigenvalue weighted by Gasteiger charge is 2.45. The molecule has 0 bridgehead atoms. The maximum atomic E-state index is 6.01. The van der Waals surface area contributed by atoms with Crippen molar-refractivity contribution in [2.75, 3.05) is 0 Å². The van der Waals surface area contributed by atoms with Crippen LogP contribution in [0.3, 0.4) is 0 Å². The topological polar surface area (TPSA) is 0 Å². The minimum absolute atomic E-state index is 0.328. The molecule has 0 amide bonds. The first kappa shape index (κ1) is 13.9. The second-order valence-corrected chi connectivity index (χ2v) is 6.59. The molecule has 1 aromatic rings. The van der Waals surface area contributed by atoms with E-state index < -0.39 is 0 Å². The zero-order valence-electron chi connectivity index (χ0n) is 12.0. The van der Waals surface area contributed by atoms with Crippen molar-refractivity contribution in [1.29, 1.82) is 0 Å². The van der Waals surface area contributed by atoms with Crippen LogP contribution in [0.1, 0.15) is 52.5 Å². The number of benzene rings is 1. The molecule has 99 valence electrons. The molecule has 1 saturated carbocycles. The van der Waals surface area contributed by atoms with Crippen LogP contribution in [0.5, 0.6) is 0 Å². The lowest BCUT2D eigenvalue weighted by Gasteiger charge is -2.50. The van der Waals surface area contributed by atoms with Crippen molar-refractivity contribution in [3.8, 4) is 0 Å². The molecule has 1 unspecified atom stereocenters. The highest BCUT2D eigenvalue weighted by Crippen LogP contribution is 2.53. The zero-order valence-corrected chi connectivity index (χ0v) is 12.7. The summed E-state index contributed by atoms with van der Waals surface area (Å²) in [6, 6.07) is 8.50. The molecule has 1 aliphatic carbocycles. The average Bonchev–Trinajstić information content (AvgIpc) is 2.28. The molecule has 1 atom stereocenters. The van der Waals surface area contributed by atoms with E-state index in [4.69, 9.17) is 11.6 Å². The van der Waals surface area contributed by atoms with Gasteiger partial charge in [0.25, 0.3) is 0 Å².